The number of aryl methyl sites for hydroxylation is 2. The molecular weight excluding hydrogens is 449 g/mol. The number of hydrogen-bond donors (Lipinski definition) is 3. The van der Waals surface area contributed by atoms with Gasteiger partial charge in [0.05, 0.1) is 16.9 Å². The molecule has 0 aliphatic rings. The molecule has 2 rings (SSSR count). The molecule has 0 bridgehead atoms. The van der Waals surface area contributed by atoms with Crippen LogP contribution in [0.25, 0.3) is 0 Å². The Morgan fingerprint density at radius 3 is 2.54 bits per heavy atom. The van der Waals surface area contributed by atoms with Crippen molar-refractivity contribution in [2.24, 2.45) is 5.10 Å². The average molecular weight is 467 g/mol. The smallest absolute Gasteiger partial charge is 0.329 e. The summed E-state index contributed by atoms with van der Waals surface area (Å²) < 4.78 is 5.62. The molecule has 8 heteroatoms. The highest BCUT2D eigenvalue weighted by molar-refractivity contribution is 14.1. The molecule has 136 valence electrons. The molecule has 2 aromatic carbocycles. The maximum Gasteiger partial charge on any atom is 0.329 e. The molecule has 2 aromatic rings. The quantitative estimate of drug-likeness (QED) is 0.279. The van der Waals surface area contributed by atoms with Crippen molar-refractivity contribution >= 4 is 46.3 Å². The van der Waals surface area contributed by atoms with Crippen LogP contribution in [0.15, 0.2) is 35.4 Å². The zero-order chi connectivity index (χ0) is 19.3. The van der Waals surface area contributed by atoms with E-state index in [0.717, 1.165) is 11.1 Å². The van der Waals surface area contributed by atoms with Gasteiger partial charge in [-0.05, 0) is 77.4 Å². The molecule has 0 saturated carbocycles. The fraction of sp³-hybridized carbons (Fsp3) is 0.167. The summed E-state index contributed by atoms with van der Waals surface area (Å²) in [5.74, 6) is -1.39. The van der Waals surface area contributed by atoms with Gasteiger partial charge in [0.15, 0.2) is 11.5 Å². The van der Waals surface area contributed by atoms with Crippen molar-refractivity contribution in [3.8, 4) is 11.5 Å². The third kappa shape index (κ3) is 4.94. The first-order valence-electron chi connectivity index (χ1n) is 7.60. The number of rotatable bonds is 4. The van der Waals surface area contributed by atoms with Crippen LogP contribution in [0.5, 0.6) is 11.5 Å². The number of halogens is 1. The van der Waals surface area contributed by atoms with Crippen LogP contribution in [0.3, 0.4) is 0 Å². The van der Waals surface area contributed by atoms with E-state index in [9.17, 15) is 14.7 Å². The predicted molar refractivity (Wildman–Crippen MR) is 108 cm³/mol. The first kappa shape index (κ1) is 19.7. The zero-order valence-electron chi connectivity index (χ0n) is 14.5. The maximum absolute atomic E-state index is 11.9. The summed E-state index contributed by atoms with van der Waals surface area (Å²) in [5, 5.41) is 16.1. The molecule has 0 aromatic heterocycles. The second-order valence-corrected chi connectivity index (χ2v) is 6.67. The lowest BCUT2D eigenvalue weighted by atomic mass is 10.1. The Balaban J connectivity index is 1.99. The van der Waals surface area contributed by atoms with E-state index in [4.69, 9.17) is 4.74 Å². The number of carbonyl (C=O) groups excluding carboxylic acids is 2. The lowest BCUT2D eigenvalue weighted by molar-refractivity contribution is -0.136. The standard InChI is InChI=1S/C18H18IN3O4/c1-10-4-5-13(6-11(10)2)21-17(24)18(25)22-20-9-12-7-14(19)16(23)15(8-12)26-3/h4-9,23H,1-3H3,(H,21,24)(H,22,25)/b20-9-. The number of hydrogen-bond acceptors (Lipinski definition) is 5. The number of ether oxygens (including phenoxy) is 1. The summed E-state index contributed by atoms with van der Waals surface area (Å²) in [4.78, 5) is 23.7. The summed E-state index contributed by atoms with van der Waals surface area (Å²) in [6.45, 7) is 3.88. The van der Waals surface area contributed by atoms with Crippen LogP contribution in [-0.2, 0) is 9.59 Å². The van der Waals surface area contributed by atoms with E-state index in [1.807, 2.05) is 42.5 Å². The first-order valence-corrected chi connectivity index (χ1v) is 8.68. The molecule has 0 heterocycles. The highest BCUT2D eigenvalue weighted by Crippen LogP contribution is 2.31. The van der Waals surface area contributed by atoms with Crippen LogP contribution in [0.2, 0.25) is 0 Å². The Kier molecular flexibility index (Phi) is 6.56. The number of nitrogens with one attached hydrogen (secondary N) is 2. The predicted octanol–water partition coefficient (Wildman–Crippen LogP) is 2.71. The average Bonchev–Trinajstić information content (AvgIpc) is 2.60. The monoisotopic (exact) mass is 467 g/mol. The van der Waals surface area contributed by atoms with Crippen LogP contribution in [0, 0.1) is 17.4 Å². The molecule has 0 saturated heterocycles. The van der Waals surface area contributed by atoms with Crippen molar-refractivity contribution < 1.29 is 19.4 Å². The normalized spacial score (nSPS) is 10.6. The highest BCUT2D eigenvalue weighted by Gasteiger charge is 2.13. The Morgan fingerprint density at radius 1 is 1.15 bits per heavy atom. The summed E-state index contributed by atoms with van der Waals surface area (Å²) >= 11 is 1.95. The van der Waals surface area contributed by atoms with Crippen molar-refractivity contribution in [3.63, 3.8) is 0 Å². The number of carbonyl (C=O) groups is 2. The number of benzene rings is 2. The summed E-state index contributed by atoms with van der Waals surface area (Å²) in [6.07, 6.45) is 1.35. The maximum atomic E-state index is 11.9. The lowest BCUT2D eigenvalue weighted by Gasteiger charge is -2.07. The Labute approximate surface area is 164 Å². The SMILES string of the molecule is COc1cc(/C=N\NC(=O)C(=O)Nc2ccc(C)c(C)c2)cc(I)c1O. The summed E-state index contributed by atoms with van der Waals surface area (Å²) in [6, 6.07) is 8.59. The number of hydrazone groups is 1. The molecule has 2 amide bonds. The number of nitrogens with zero attached hydrogens (tertiary/aromatic N) is 1. The van der Waals surface area contributed by atoms with Crippen LogP contribution in [0.1, 0.15) is 16.7 Å². The molecular formula is C18H18IN3O4. The molecule has 0 aliphatic carbocycles. The first-order chi connectivity index (χ1) is 12.3. The van der Waals surface area contributed by atoms with E-state index in [0.29, 0.717) is 14.8 Å². The highest BCUT2D eigenvalue weighted by atomic mass is 127. The molecule has 26 heavy (non-hydrogen) atoms. The summed E-state index contributed by atoms with van der Waals surface area (Å²) in [5.41, 5.74) is 5.40. The Bertz CT molecular complexity index is 881. The minimum absolute atomic E-state index is 0.0297. The van der Waals surface area contributed by atoms with E-state index < -0.39 is 11.8 Å². The van der Waals surface area contributed by atoms with Crippen LogP contribution >= 0.6 is 22.6 Å². The molecule has 0 atom stereocenters. The van der Waals surface area contributed by atoms with Crippen molar-refractivity contribution in [1.29, 1.82) is 0 Å². The second-order valence-electron chi connectivity index (χ2n) is 5.51. The fourth-order valence-electron chi connectivity index (χ4n) is 2.05. The van der Waals surface area contributed by atoms with E-state index in [1.54, 1.807) is 24.3 Å². The number of anilines is 1. The van der Waals surface area contributed by atoms with E-state index >= 15 is 0 Å². The largest absolute Gasteiger partial charge is 0.504 e. The number of aromatic hydroxyl groups is 1. The van der Waals surface area contributed by atoms with Crippen molar-refractivity contribution in [2.75, 3.05) is 12.4 Å². The van der Waals surface area contributed by atoms with Gasteiger partial charge in [0, 0.05) is 5.69 Å². The zero-order valence-corrected chi connectivity index (χ0v) is 16.6. The molecule has 0 radical (unpaired) electrons. The van der Waals surface area contributed by atoms with Crippen LogP contribution < -0.4 is 15.5 Å². The fourth-order valence-corrected chi connectivity index (χ4v) is 2.67. The molecule has 0 unspecified atom stereocenters. The van der Waals surface area contributed by atoms with Gasteiger partial charge in [-0.3, -0.25) is 9.59 Å². The second kappa shape index (κ2) is 8.65. The van der Waals surface area contributed by atoms with Crippen molar-refractivity contribution in [3.05, 3.63) is 50.6 Å². The van der Waals surface area contributed by atoms with Crippen molar-refractivity contribution in [1.82, 2.24) is 5.43 Å². The van der Waals surface area contributed by atoms with Gasteiger partial charge in [-0.1, -0.05) is 6.07 Å². The van der Waals surface area contributed by atoms with Gasteiger partial charge >= 0.3 is 11.8 Å². The third-order valence-electron chi connectivity index (χ3n) is 3.62. The Hall–Kier alpha value is -2.62. The minimum atomic E-state index is -0.889. The third-order valence-corrected chi connectivity index (χ3v) is 4.44. The summed E-state index contributed by atoms with van der Waals surface area (Å²) in [7, 11) is 1.44. The van der Waals surface area contributed by atoms with E-state index in [2.05, 4.69) is 15.8 Å². The van der Waals surface area contributed by atoms with Crippen molar-refractivity contribution in [2.45, 2.75) is 13.8 Å². The number of methoxy groups -OCH3 is 1. The molecule has 3 N–H and O–H groups in total. The van der Waals surface area contributed by atoms with Gasteiger partial charge in [-0.25, -0.2) is 5.43 Å². The van der Waals surface area contributed by atoms with Crippen LogP contribution in [0.4, 0.5) is 5.69 Å². The van der Waals surface area contributed by atoms with E-state index in [1.165, 1.54) is 13.3 Å². The van der Waals surface area contributed by atoms with Gasteiger partial charge in [-0.15, -0.1) is 0 Å². The van der Waals surface area contributed by atoms with Gasteiger partial charge in [0.2, 0.25) is 0 Å². The van der Waals surface area contributed by atoms with Gasteiger partial charge in [-0.2, -0.15) is 5.10 Å². The minimum Gasteiger partial charge on any atom is -0.504 e. The topological polar surface area (TPSA) is 100 Å². The van der Waals surface area contributed by atoms with Gasteiger partial charge < -0.3 is 15.2 Å². The number of phenols is 1. The molecule has 0 spiro atoms. The molecule has 7 nitrogen and oxygen atoms in total. The van der Waals surface area contributed by atoms with E-state index in [-0.39, 0.29) is 11.5 Å². The van der Waals surface area contributed by atoms with Gasteiger partial charge in [0.25, 0.3) is 0 Å². The Morgan fingerprint density at radius 2 is 1.88 bits per heavy atom. The number of amides is 2. The lowest BCUT2D eigenvalue weighted by Crippen LogP contribution is -2.32. The van der Waals surface area contributed by atoms with Crippen LogP contribution in [-0.4, -0.2) is 30.2 Å². The van der Waals surface area contributed by atoms with Gasteiger partial charge in [0.1, 0.15) is 0 Å². The molecule has 0 aliphatic heterocycles. The number of phenolic OH excluding ortho intramolecular Hbond substituents is 1. The molecule has 0 fully saturated rings.